The molecule has 1 atom stereocenters. The van der Waals surface area contributed by atoms with Crippen LogP contribution in [0.5, 0.6) is 17.2 Å². The molecule has 5 aromatic rings. The van der Waals surface area contributed by atoms with E-state index in [0.717, 1.165) is 16.3 Å². The molecule has 1 fully saturated rings. The number of ketones is 1. The lowest BCUT2D eigenvalue weighted by molar-refractivity contribution is -0.132. The second-order valence-corrected chi connectivity index (χ2v) is 11.8. The summed E-state index contributed by atoms with van der Waals surface area (Å²) in [5.41, 5.74) is 1.66. The van der Waals surface area contributed by atoms with Crippen molar-refractivity contribution in [2.75, 3.05) is 19.1 Å². The van der Waals surface area contributed by atoms with E-state index in [9.17, 15) is 19.8 Å². The number of hydrogen-bond donors (Lipinski definition) is 2. The Kier molecular flexibility index (Phi) is 7.75. The summed E-state index contributed by atoms with van der Waals surface area (Å²) in [5, 5.41) is 32.8. The number of rotatable bonds is 8. The molecule has 43 heavy (non-hydrogen) atoms. The molecular weight excluding hydrogens is 587 g/mol. The summed E-state index contributed by atoms with van der Waals surface area (Å²) in [7, 11) is 2.94. The van der Waals surface area contributed by atoms with Crippen molar-refractivity contribution >= 4 is 56.5 Å². The number of Topliss-reactive ketones (excluding diaryl/α,β-unsaturated/α-hetero) is 1. The van der Waals surface area contributed by atoms with Crippen LogP contribution >= 0.6 is 23.1 Å². The van der Waals surface area contributed by atoms with Crippen molar-refractivity contribution in [1.29, 1.82) is 0 Å². The highest BCUT2D eigenvalue weighted by Gasteiger charge is 2.48. The molecule has 1 amide bonds. The first-order chi connectivity index (χ1) is 20.9. The molecule has 1 aliphatic heterocycles. The summed E-state index contributed by atoms with van der Waals surface area (Å²) in [6.07, 6.45) is 0. The summed E-state index contributed by atoms with van der Waals surface area (Å²) < 4.78 is 11.3. The number of aliphatic hydroxyl groups is 1. The normalized spacial score (nSPS) is 16.1. The van der Waals surface area contributed by atoms with Crippen molar-refractivity contribution in [2.45, 2.75) is 16.1 Å². The Morgan fingerprint density at radius 1 is 0.930 bits per heavy atom. The van der Waals surface area contributed by atoms with Crippen LogP contribution in [0.2, 0.25) is 0 Å². The number of hydrogen-bond acceptors (Lipinski definition) is 10. The molecule has 1 saturated heterocycles. The van der Waals surface area contributed by atoms with Gasteiger partial charge in [-0.05, 0) is 52.2 Å². The van der Waals surface area contributed by atoms with Crippen molar-refractivity contribution < 1.29 is 29.3 Å². The third-order valence-electron chi connectivity index (χ3n) is 7.12. The van der Waals surface area contributed by atoms with Crippen LogP contribution in [-0.2, 0) is 15.3 Å². The number of carbonyl (C=O) groups excluding carboxylic acids is 2. The Morgan fingerprint density at radius 2 is 1.70 bits per heavy atom. The zero-order valence-corrected chi connectivity index (χ0v) is 24.7. The molecular formula is C32H25N3O6S2. The van der Waals surface area contributed by atoms with E-state index in [4.69, 9.17) is 9.47 Å². The van der Waals surface area contributed by atoms with Gasteiger partial charge in [-0.15, -0.1) is 10.2 Å². The van der Waals surface area contributed by atoms with Gasteiger partial charge in [0.1, 0.15) is 11.5 Å². The highest BCUT2D eigenvalue weighted by Crippen LogP contribution is 2.45. The number of nitrogens with zero attached hydrogens (tertiary/aromatic N) is 3. The number of ether oxygens (including phenoxy) is 2. The van der Waals surface area contributed by atoms with Crippen LogP contribution < -0.4 is 14.4 Å². The van der Waals surface area contributed by atoms with Crippen LogP contribution in [0.1, 0.15) is 22.7 Å². The number of aliphatic hydroxyl groups excluding tert-OH is 1. The van der Waals surface area contributed by atoms with Gasteiger partial charge in [0.05, 0.1) is 25.8 Å². The molecule has 2 N–H and O–H groups in total. The van der Waals surface area contributed by atoms with Gasteiger partial charge in [-0.3, -0.25) is 14.5 Å². The number of phenols is 1. The van der Waals surface area contributed by atoms with Gasteiger partial charge in [0.25, 0.3) is 5.78 Å². The molecule has 0 aliphatic carbocycles. The lowest BCUT2D eigenvalue weighted by atomic mass is 9.95. The van der Waals surface area contributed by atoms with E-state index in [0.29, 0.717) is 27.2 Å². The molecule has 6 rings (SSSR count). The Labute approximate surface area is 255 Å². The maximum absolute atomic E-state index is 13.5. The molecule has 1 unspecified atom stereocenters. The number of thioether (sulfide) groups is 1. The SMILES string of the molecule is COc1ccc(C(O)=C2C(=O)C(=O)N(c3nnc(SCc4cccc5ccccc45)s3)C2c2cccc(O)c2)cc1OC. The molecule has 9 nitrogen and oxygen atoms in total. The fourth-order valence-corrected chi connectivity index (χ4v) is 6.97. The first kappa shape index (κ1) is 28.3. The summed E-state index contributed by atoms with van der Waals surface area (Å²) in [6.45, 7) is 0. The Balaban J connectivity index is 1.38. The average Bonchev–Trinajstić information content (AvgIpc) is 3.60. The van der Waals surface area contributed by atoms with Gasteiger partial charge in [-0.25, -0.2) is 0 Å². The molecule has 11 heteroatoms. The zero-order chi connectivity index (χ0) is 30.1. The molecule has 2 heterocycles. The van der Waals surface area contributed by atoms with Crippen molar-refractivity contribution in [3.63, 3.8) is 0 Å². The second-order valence-electron chi connectivity index (χ2n) is 9.61. The van der Waals surface area contributed by atoms with Gasteiger partial charge in [-0.2, -0.15) is 0 Å². The standard InChI is InChI=1S/C32H25N3O6S2/c1-40-24-14-13-20(16-25(24)41-2)28(37)26-27(19-9-6-11-22(36)15-19)35(30(39)29(26)38)31-33-34-32(43-31)42-17-21-10-5-8-18-7-3-4-12-23(18)21/h3-16,27,36-37H,17H2,1-2H3. The number of aromatic nitrogens is 2. The van der Waals surface area contributed by atoms with Crippen LogP contribution in [0.4, 0.5) is 5.13 Å². The maximum Gasteiger partial charge on any atom is 0.301 e. The monoisotopic (exact) mass is 611 g/mol. The maximum atomic E-state index is 13.5. The number of amides is 1. The topological polar surface area (TPSA) is 122 Å². The minimum atomic E-state index is -1.07. The Morgan fingerprint density at radius 3 is 2.49 bits per heavy atom. The van der Waals surface area contributed by atoms with E-state index in [1.54, 1.807) is 24.3 Å². The van der Waals surface area contributed by atoms with Crippen LogP contribution in [-0.4, -0.2) is 46.3 Å². The van der Waals surface area contributed by atoms with Crippen molar-refractivity contribution in [1.82, 2.24) is 10.2 Å². The van der Waals surface area contributed by atoms with Gasteiger partial charge >= 0.3 is 5.91 Å². The predicted molar refractivity (Wildman–Crippen MR) is 166 cm³/mol. The van der Waals surface area contributed by atoms with Gasteiger partial charge in [0.15, 0.2) is 15.8 Å². The van der Waals surface area contributed by atoms with E-state index in [2.05, 4.69) is 34.5 Å². The summed E-state index contributed by atoms with van der Waals surface area (Å²) >= 11 is 2.65. The molecule has 216 valence electrons. The summed E-state index contributed by atoms with van der Waals surface area (Å²) in [5.74, 6) is -0.802. The number of methoxy groups -OCH3 is 2. The molecule has 4 aromatic carbocycles. The zero-order valence-electron chi connectivity index (χ0n) is 23.1. The lowest BCUT2D eigenvalue weighted by Gasteiger charge is -2.22. The minimum absolute atomic E-state index is 0.0576. The van der Waals surface area contributed by atoms with Gasteiger partial charge in [0.2, 0.25) is 5.13 Å². The van der Waals surface area contributed by atoms with E-state index in [-0.39, 0.29) is 22.0 Å². The third kappa shape index (κ3) is 5.28. The first-order valence-electron chi connectivity index (χ1n) is 13.1. The third-order valence-corrected chi connectivity index (χ3v) is 9.22. The number of aromatic hydroxyl groups is 1. The smallest absolute Gasteiger partial charge is 0.301 e. The predicted octanol–water partition coefficient (Wildman–Crippen LogP) is 6.33. The van der Waals surface area contributed by atoms with Crippen molar-refractivity contribution in [2.24, 2.45) is 0 Å². The van der Waals surface area contributed by atoms with E-state index >= 15 is 0 Å². The fraction of sp³-hybridized carbons (Fsp3) is 0.125. The van der Waals surface area contributed by atoms with Crippen LogP contribution in [0.3, 0.4) is 0 Å². The van der Waals surface area contributed by atoms with Crippen molar-refractivity contribution in [3.8, 4) is 17.2 Å². The van der Waals surface area contributed by atoms with Gasteiger partial charge < -0.3 is 19.7 Å². The van der Waals surface area contributed by atoms with Crippen LogP contribution in [0.25, 0.3) is 16.5 Å². The minimum Gasteiger partial charge on any atom is -0.508 e. The number of fused-ring (bicyclic) bond motifs is 1. The van der Waals surface area contributed by atoms with E-state index < -0.39 is 23.5 Å². The van der Waals surface area contributed by atoms with Crippen LogP contribution in [0, 0.1) is 0 Å². The highest BCUT2D eigenvalue weighted by atomic mass is 32.2. The Bertz CT molecular complexity index is 1900. The summed E-state index contributed by atoms with van der Waals surface area (Å²) in [4.78, 5) is 28.3. The molecule has 1 aromatic heterocycles. The largest absolute Gasteiger partial charge is 0.508 e. The average molecular weight is 612 g/mol. The quantitative estimate of drug-likeness (QED) is 0.0681. The van der Waals surface area contributed by atoms with Gasteiger partial charge in [-0.1, -0.05) is 77.7 Å². The second kappa shape index (κ2) is 11.8. The van der Waals surface area contributed by atoms with E-state index in [1.165, 1.54) is 60.4 Å². The van der Waals surface area contributed by atoms with Crippen LogP contribution in [0.15, 0.2) is 94.8 Å². The molecule has 1 aliphatic rings. The number of carbonyl (C=O) groups is 2. The molecule has 0 radical (unpaired) electrons. The fourth-order valence-electron chi connectivity index (χ4n) is 5.10. The first-order valence-corrected chi connectivity index (χ1v) is 14.9. The summed E-state index contributed by atoms with van der Waals surface area (Å²) in [6, 6.07) is 24.1. The number of phenolic OH excluding ortho intramolecular Hbond substituents is 1. The van der Waals surface area contributed by atoms with Crippen molar-refractivity contribution in [3.05, 3.63) is 107 Å². The molecule has 0 saturated carbocycles. The molecule has 0 bridgehead atoms. The lowest BCUT2D eigenvalue weighted by Crippen LogP contribution is -2.29. The number of anilines is 1. The highest BCUT2D eigenvalue weighted by molar-refractivity contribution is 8.00. The number of benzene rings is 4. The van der Waals surface area contributed by atoms with Gasteiger partial charge in [0, 0.05) is 11.3 Å². The van der Waals surface area contributed by atoms with E-state index in [1.807, 2.05) is 18.2 Å². The Hall–Kier alpha value is -4.87. The molecule has 0 spiro atoms.